The first kappa shape index (κ1) is 14.2. The van der Waals surface area contributed by atoms with Gasteiger partial charge in [0.15, 0.2) is 0 Å². The minimum atomic E-state index is 0.196. The second-order valence-corrected chi connectivity index (χ2v) is 5.96. The molecule has 0 bridgehead atoms. The van der Waals surface area contributed by atoms with Gasteiger partial charge >= 0.3 is 0 Å². The van der Waals surface area contributed by atoms with Crippen LogP contribution in [0.5, 0.6) is 0 Å². The average Bonchev–Trinajstić information content (AvgIpc) is 2.87. The minimum Gasteiger partial charge on any atom is -0.398 e. The summed E-state index contributed by atoms with van der Waals surface area (Å²) in [6, 6.07) is 3.90. The third-order valence-corrected chi connectivity index (χ3v) is 4.21. The highest BCUT2D eigenvalue weighted by molar-refractivity contribution is 9.10. The van der Waals surface area contributed by atoms with Gasteiger partial charge in [0.2, 0.25) is 5.91 Å². The van der Waals surface area contributed by atoms with Crippen molar-refractivity contribution in [2.24, 2.45) is 0 Å². The molecule has 0 spiro atoms. The van der Waals surface area contributed by atoms with E-state index in [1.807, 2.05) is 35.9 Å². The molecule has 0 atom stereocenters. The lowest BCUT2D eigenvalue weighted by Gasteiger charge is -2.24. The first-order valence-electron chi connectivity index (χ1n) is 6.53. The molecule has 0 saturated carbocycles. The van der Waals surface area contributed by atoms with Crippen molar-refractivity contribution in [2.75, 3.05) is 37.3 Å². The Morgan fingerprint density at radius 1 is 1.42 bits per heavy atom. The molecule has 1 amide bonds. The van der Waals surface area contributed by atoms with Crippen molar-refractivity contribution < 1.29 is 4.79 Å². The van der Waals surface area contributed by atoms with Gasteiger partial charge in [-0.3, -0.25) is 4.79 Å². The summed E-state index contributed by atoms with van der Waals surface area (Å²) < 4.78 is 0.923. The molecule has 19 heavy (non-hydrogen) atoms. The van der Waals surface area contributed by atoms with E-state index >= 15 is 0 Å². The van der Waals surface area contributed by atoms with E-state index in [4.69, 9.17) is 5.73 Å². The molecule has 1 aromatic rings. The summed E-state index contributed by atoms with van der Waals surface area (Å²) in [7, 11) is 1.93. The van der Waals surface area contributed by atoms with Crippen LogP contribution in [-0.4, -0.2) is 37.5 Å². The standard InChI is InChI=1S/C14H20BrN3O/c1-10-7-13(11(15)8-12(10)16)17(2)9-14(19)18-5-3-4-6-18/h7-8H,3-6,9,16H2,1-2H3. The maximum absolute atomic E-state index is 12.1. The molecular weight excluding hydrogens is 306 g/mol. The number of anilines is 2. The fourth-order valence-corrected chi connectivity index (χ4v) is 2.99. The number of aryl methyl sites for hydroxylation is 1. The molecule has 1 fully saturated rings. The molecule has 2 rings (SSSR count). The lowest BCUT2D eigenvalue weighted by atomic mass is 10.1. The van der Waals surface area contributed by atoms with E-state index < -0.39 is 0 Å². The van der Waals surface area contributed by atoms with Crippen molar-refractivity contribution in [1.82, 2.24) is 4.90 Å². The van der Waals surface area contributed by atoms with E-state index in [-0.39, 0.29) is 5.91 Å². The van der Waals surface area contributed by atoms with Gasteiger partial charge in [-0.05, 0) is 53.4 Å². The number of carbonyl (C=O) groups is 1. The Morgan fingerprint density at radius 2 is 2.05 bits per heavy atom. The van der Waals surface area contributed by atoms with Gasteiger partial charge < -0.3 is 15.5 Å². The molecule has 1 aliphatic heterocycles. The monoisotopic (exact) mass is 325 g/mol. The average molecular weight is 326 g/mol. The summed E-state index contributed by atoms with van der Waals surface area (Å²) >= 11 is 3.51. The number of nitrogen functional groups attached to an aromatic ring is 1. The second-order valence-electron chi connectivity index (χ2n) is 5.10. The van der Waals surface area contributed by atoms with Crippen molar-refractivity contribution in [3.63, 3.8) is 0 Å². The Bertz CT molecular complexity index is 484. The van der Waals surface area contributed by atoms with Crippen molar-refractivity contribution in [1.29, 1.82) is 0 Å². The van der Waals surface area contributed by atoms with Gasteiger partial charge in [0.25, 0.3) is 0 Å². The Hall–Kier alpha value is -1.23. The van der Waals surface area contributed by atoms with Gasteiger partial charge in [-0.15, -0.1) is 0 Å². The Labute approximate surface area is 122 Å². The third-order valence-electron chi connectivity index (χ3n) is 3.58. The normalized spacial score (nSPS) is 14.8. The number of amides is 1. The highest BCUT2D eigenvalue weighted by Crippen LogP contribution is 2.30. The first-order chi connectivity index (χ1) is 8.99. The summed E-state index contributed by atoms with van der Waals surface area (Å²) in [5.41, 5.74) is 8.65. The molecular formula is C14H20BrN3O. The van der Waals surface area contributed by atoms with Crippen molar-refractivity contribution in [3.05, 3.63) is 22.2 Å². The van der Waals surface area contributed by atoms with Crippen molar-refractivity contribution >= 4 is 33.2 Å². The van der Waals surface area contributed by atoms with E-state index in [2.05, 4.69) is 15.9 Å². The molecule has 104 valence electrons. The lowest BCUT2D eigenvalue weighted by molar-refractivity contribution is -0.128. The predicted molar refractivity (Wildman–Crippen MR) is 82.4 cm³/mol. The quantitative estimate of drug-likeness (QED) is 0.868. The number of nitrogens with zero attached hydrogens (tertiary/aromatic N) is 2. The van der Waals surface area contributed by atoms with E-state index in [0.29, 0.717) is 6.54 Å². The van der Waals surface area contributed by atoms with Crippen LogP contribution in [0.1, 0.15) is 18.4 Å². The number of likely N-dealkylation sites (N-methyl/N-ethyl adjacent to an activating group) is 1. The van der Waals surface area contributed by atoms with E-state index in [1.54, 1.807) is 0 Å². The number of halogens is 1. The number of benzene rings is 1. The number of nitrogens with two attached hydrogens (primary N) is 1. The topological polar surface area (TPSA) is 49.6 Å². The predicted octanol–water partition coefficient (Wildman–Crippen LogP) is 2.40. The summed E-state index contributed by atoms with van der Waals surface area (Å²) in [5, 5.41) is 0. The highest BCUT2D eigenvalue weighted by atomic mass is 79.9. The molecule has 5 heteroatoms. The summed E-state index contributed by atoms with van der Waals surface area (Å²) in [6.07, 6.45) is 2.25. The molecule has 1 heterocycles. The van der Waals surface area contributed by atoms with Crippen LogP contribution in [0, 0.1) is 6.92 Å². The summed E-state index contributed by atoms with van der Waals surface area (Å²) in [5.74, 6) is 0.196. The van der Waals surface area contributed by atoms with Crippen LogP contribution in [0.4, 0.5) is 11.4 Å². The number of rotatable bonds is 3. The first-order valence-corrected chi connectivity index (χ1v) is 7.33. The molecule has 0 aliphatic carbocycles. The Balaban J connectivity index is 2.09. The largest absolute Gasteiger partial charge is 0.398 e. The molecule has 2 N–H and O–H groups in total. The van der Waals surface area contributed by atoms with Crippen LogP contribution in [0.25, 0.3) is 0 Å². The summed E-state index contributed by atoms with van der Waals surface area (Å²) in [4.78, 5) is 16.0. The molecule has 0 aromatic heterocycles. The molecule has 1 aromatic carbocycles. The van der Waals surface area contributed by atoms with Crippen LogP contribution in [0.15, 0.2) is 16.6 Å². The number of likely N-dealkylation sites (tertiary alicyclic amines) is 1. The SMILES string of the molecule is Cc1cc(N(C)CC(=O)N2CCCC2)c(Br)cc1N. The van der Waals surface area contributed by atoms with Gasteiger partial charge in [0.1, 0.15) is 0 Å². The maximum atomic E-state index is 12.1. The van der Waals surface area contributed by atoms with Crippen LogP contribution in [-0.2, 0) is 4.79 Å². The van der Waals surface area contributed by atoms with E-state index in [9.17, 15) is 4.79 Å². The molecule has 0 radical (unpaired) electrons. The van der Waals surface area contributed by atoms with E-state index in [0.717, 1.165) is 47.3 Å². The summed E-state index contributed by atoms with van der Waals surface area (Å²) in [6.45, 7) is 4.17. The van der Waals surface area contributed by atoms with Crippen molar-refractivity contribution in [2.45, 2.75) is 19.8 Å². The van der Waals surface area contributed by atoms with Crippen LogP contribution < -0.4 is 10.6 Å². The van der Waals surface area contributed by atoms with Gasteiger partial charge in [-0.1, -0.05) is 0 Å². The highest BCUT2D eigenvalue weighted by Gasteiger charge is 2.20. The van der Waals surface area contributed by atoms with Crippen LogP contribution in [0.2, 0.25) is 0 Å². The minimum absolute atomic E-state index is 0.196. The Morgan fingerprint density at radius 3 is 2.68 bits per heavy atom. The third kappa shape index (κ3) is 3.21. The van der Waals surface area contributed by atoms with Crippen LogP contribution in [0.3, 0.4) is 0 Å². The zero-order valence-corrected chi connectivity index (χ0v) is 13.0. The molecule has 1 saturated heterocycles. The molecule has 1 aliphatic rings. The number of hydrogen-bond donors (Lipinski definition) is 1. The fourth-order valence-electron chi connectivity index (χ4n) is 2.33. The van der Waals surface area contributed by atoms with Gasteiger partial charge in [0, 0.05) is 30.3 Å². The van der Waals surface area contributed by atoms with Gasteiger partial charge in [-0.2, -0.15) is 0 Å². The second kappa shape index (κ2) is 5.82. The molecule has 4 nitrogen and oxygen atoms in total. The fraction of sp³-hybridized carbons (Fsp3) is 0.500. The zero-order valence-electron chi connectivity index (χ0n) is 11.4. The lowest BCUT2D eigenvalue weighted by Crippen LogP contribution is -2.37. The van der Waals surface area contributed by atoms with E-state index in [1.165, 1.54) is 0 Å². The van der Waals surface area contributed by atoms with Gasteiger partial charge in [0.05, 0.1) is 12.2 Å². The molecule has 0 unspecified atom stereocenters. The van der Waals surface area contributed by atoms with Gasteiger partial charge in [-0.25, -0.2) is 0 Å². The Kier molecular flexibility index (Phi) is 4.34. The smallest absolute Gasteiger partial charge is 0.242 e. The van der Waals surface area contributed by atoms with Crippen molar-refractivity contribution in [3.8, 4) is 0 Å². The number of carbonyl (C=O) groups excluding carboxylic acids is 1. The maximum Gasteiger partial charge on any atom is 0.242 e. The zero-order chi connectivity index (χ0) is 14.0. The number of hydrogen-bond acceptors (Lipinski definition) is 3. The van der Waals surface area contributed by atoms with Crippen LogP contribution >= 0.6 is 15.9 Å².